The highest BCUT2D eigenvalue weighted by Gasteiger charge is 2.25. The lowest BCUT2D eigenvalue weighted by molar-refractivity contribution is 0.0487. The minimum atomic E-state index is -0.487. The molecule has 0 spiro atoms. The normalized spacial score (nSPS) is 16.6. The molecule has 1 atom stereocenters. The Kier molecular flexibility index (Phi) is 2.68. The quantitative estimate of drug-likeness (QED) is 0.774. The van der Waals surface area contributed by atoms with Crippen molar-refractivity contribution in [1.82, 2.24) is 0 Å². The number of hydrogen-bond acceptors (Lipinski definition) is 3. The van der Waals surface area contributed by atoms with E-state index in [9.17, 15) is 4.79 Å². The molecule has 0 aromatic heterocycles. The number of rotatable bonds is 2. The van der Waals surface area contributed by atoms with E-state index in [2.05, 4.69) is 0 Å². The van der Waals surface area contributed by atoms with Crippen LogP contribution in [0.4, 0.5) is 0 Å². The first kappa shape index (κ1) is 11.1. The van der Waals surface area contributed by atoms with E-state index >= 15 is 0 Å². The maximum absolute atomic E-state index is 10.7. The molecule has 0 saturated heterocycles. The topological polar surface area (TPSA) is 35.5 Å². The summed E-state index contributed by atoms with van der Waals surface area (Å²) in [5.74, 6) is 1.22. The summed E-state index contributed by atoms with van der Waals surface area (Å²) in [6.45, 7) is 0. The molecule has 1 heterocycles. The number of halogens is 1. The fourth-order valence-corrected chi connectivity index (χ4v) is 1.92. The van der Waals surface area contributed by atoms with Gasteiger partial charge in [-0.05, 0) is 30.3 Å². The highest BCUT2D eigenvalue weighted by Crippen LogP contribution is 2.40. The molecule has 3 rings (SSSR count). The van der Waals surface area contributed by atoms with Gasteiger partial charge < -0.3 is 9.47 Å². The molecule has 0 N–H and O–H groups in total. The third-order valence-corrected chi connectivity index (χ3v) is 2.97. The predicted molar refractivity (Wildman–Crippen MR) is 67.3 cm³/mol. The van der Waals surface area contributed by atoms with Crippen LogP contribution in [0, 0.1) is 0 Å². The molecular formula is C14H9ClO3. The zero-order valence-corrected chi connectivity index (χ0v) is 10.1. The zero-order valence-electron chi connectivity index (χ0n) is 9.30. The summed E-state index contributed by atoms with van der Waals surface area (Å²) in [7, 11) is 0. The number of ether oxygens (including phenoxy) is 2. The van der Waals surface area contributed by atoms with Gasteiger partial charge in [0.1, 0.15) is 6.29 Å². The minimum absolute atomic E-state index is 0.487. The van der Waals surface area contributed by atoms with E-state index in [0.29, 0.717) is 22.1 Å². The third-order valence-electron chi connectivity index (χ3n) is 2.71. The summed E-state index contributed by atoms with van der Waals surface area (Å²) in [5, 5.41) is 0.664. The molecule has 0 radical (unpaired) electrons. The summed E-state index contributed by atoms with van der Waals surface area (Å²) < 4.78 is 11.3. The Labute approximate surface area is 109 Å². The lowest BCUT2D eigenvalue weighted by atomic mass is 10.2. The number of fused-ring (bicyclic) bond motifs is 1. The monoisotopic (exact) mass is 260 g/mol. The van der Waals surface area contributed by atoms with Crippen LogP contribution in [0.3, 0.4) is 0 Å². The van der Waals surface area contributed by atoms with Crippen molar-refractivity contribution in [2.75, 3.05) is 0 Å². The van der Waals surface area contributed by atoms with E-state index in [1.165, 1.54) is 0 Å². The Bertz CT molecular complexity index is 592. The van der Waals surface area contributed by atoms with Gasteiger partial charge in [0.25, 0.3) is 6.29 Å². The lowest BCUT2D eigenvalue weighted by Gasteiger charge is -2.10. The standard InChI is InChI=1S/C14H9ClO3/c15-11-4-2-10(3-5-11)14-17-12-6-1-9(8-16)7-13(12)18-14/h1-8,14H. The van der Waals surface area contributed by atoms with E-state index in [1.54, 1.807) is 30.3 Å². The SMILES string of the molecule is O=Cc1ccc2c(c1)OC(c1ccc(Cl)cc1)O2. The van der Waals surface area contributed by atoms with Crippen LogP contribution in [0.1, 0.15) is 22.2 Å². The van der Waals surface area contributed by atoms with Crippen LogP contribution in [-0.4, -0.2) is 6.29 Å². The average Bonchev–Trinajstić information content (AvgIpc) is 2.82. The van der Waals surface area contributed by atoms with E-state index in [1.807, 2.05) is 12.1 Å². The Morgan fingerprint density at radius 3 is 2.44 bits per heavy atom. The molecule has 0 fully saturated rings. The first-order valence-electron chi connectivity index (χ1n) is 5.44. The molecule has 2 aromatic carbocycles. The molecule has 90 valence electrons. The van der Waals surface area contributed by atoms with Gasteiger partial charge in [-0.1, -0.05) is 23.7 Å². The Morgan fingerprint density at radius 2 is 1.72 bits per heavy atom. The van der Waals surface area contributed by atoms with E-state index in [-0.39, 0.29) is 0 Å². The van der Waals surface area contributed by atoms with Gasteiger partial charge in [0.15, 0.2) is 11.5 Å². The highest BCUT2D eigenvalue weighted by molar-refractivity contribution is 6.30. The van der Waals surface area contributed by atoms with Gasteiger partial charge >= 0.3 is 0 Å². The smallest absolute Gasteiger partial charge is 0.267 e. The van der Waals surface area contributed by atoms with Crippen LogP contribution >= 0.6 is 11.6 Å². The zero-order chi connectivity index (χ0) is 12.5. The van der Waals surface area contributed by atoms with Crippen molar-refractivity contribution in [1.29, 1.82) is 0 Å². The molecule has 2 aromatic rings. The van der Waals surface area contributed by atoms with E-state index < -0.39 is 6.29 Å². The van der Waals surface area contributed by atoms with E-state index in [0.717, 1.165) is 11.8 Å². The van der Waals surface area contributed by atoms with E-state index in [4.69, 9.17) is 21.1 Å². The van der Waals surface area contributed by atoms with Crippen LogP contribution < -0.4 is 9.47 Å². The molecule has 1 aliphatic rings. The highest BCUT2D eigenvalue weighted by atomic mass is 35.5. The molecule has 0 bridgehead atoms. The molecule has 0 amide bonds. The molecule has 0 aliphatic carbocycles. The average molecular weight is 261 g/mol. The second-order valence-corrected chi connectivity index (χ2v) is 4.38. The van der Waals surface area contributed by atoms with Crippen LogP contribution in [0.5, 0.6) is 11.5 Å². The van der Waals surface area contributed by atoms with Gasteiger partial charge in [-0.15, -0.1) is 0 Å². The van der Waals surface area contributed by atoms with Crippen molar-refractivity contribution < 1.29 is 14.3 Å². The number of aldehydes is 1. The molecule has 18 heavy (non-hydrogen) atoms. The van der Waals surface area contributed by atoms with Crippen molar-refractivity contribution in [3.63, 3.8) is 0 Å². The first-order chi connectivity index (χ1) is 8.76. The molecule has 3 nitrogen and oxygen atoms in total. The lowest BCUT2D eigenvalue weighted by Crippen LogP contribution is -2.07. The Morgan fingerprint density at radius 1 is 1.00 bits per heavy atom. The molecular weight excluding hydrogens is 252 g/mol. The van der Waals surface area contributed by atoms with Crippen molar-refractivity contribution in [3.8, 4) is 11.5 Å². The van der Waals surface area contributed by atoms with Crippen molar-refractivity contribution in [2.45, 2.75) is 6.29 Å². The number of benzene rings is 2. The van der Waals surface area contributed by atoms with Gasteiger partial charge in [0.05, 0.1) is 0 Å². The number of carbonyl (C=O) groups excluding carboxylic acids is 1. The van der Waals surface area contributed by atoms with Gasteiger partial charge in [-0.2, -0.15) is 0 Å². The number of hydrogen-bond donors (Lipinski definition) is 0. The molecule has 4 heteroatoms. The molecule has 1 unspecified atom stereocenters. The van der Waals surface area contributed by atoms with Crippen molar-refractivity contribution in [2.24, 2.45) is 0 Å². The Hall–Kier alpha value is -2.00. The van der Waals surface area contributed by atoms with Crippen LogP contribution in [0.15, 0.2) is 42.5 Å². The summed E-state index contributed by atoms with van der Waals surface area (Å²) in [6.07, 6.45) is 0.290. The summed E-state index contributed by atoms with van der Waals surface area (Å²) in [6, 6.07) is 12.3. The first-order valence-corrected chi connectivity index (χ1v) is 5.82. The van der Waals surface area contributed by atoms with Crippen LogP contribution in [0.2, 0.25) is 5.02 Å². The maximum Gasteiger partial charge on any atom is 0.267 e. The fraction of sp³-hybridized carbons (Fsp3) is 0.0714. The Balaban J connectivity index is 1.88. The van der Waals surface area contributed by atoms with Crippen LogP contribution in [0.25, 0.3) is 0 Å². The molecule has 1 aliphatic heterocycles. The second-order valence-electron chi connectivity index (χ2n) is 3.94. The van der Waals surface area contributed by atoms with Crippen LogP contribution in [-0.2, 0) is 0 Å². The largest absolute Gasteiger partial charge is 0.447 e. The van der Waals surface area contributed by atoms with Gasteiger partial charge in [0, 0.05) is 16.1 Å². The van der Waals surface area contributed by atoms with Crippen molar-refractivity contribution in [3.05, 3.63) is 58.6 Å². The summed E-state index contributed by atoms with van der Waals surface area (Å²) in [4.78, 5) is 10.7. The van der Waals surface area contributed by atoms with Gasteiger partial charge in [-0.25, -0.2) is 0 Å². The fourth-order valence-electron chi connectivity index (χ4n) is 1.80. The van der Waals surface area contributed by atoms with Gasteiger partial charge in [0.2, 0.25) is 0 Å². The minimum Gasteiger partial charge on any atom is -0.447 e. The summed E-state index contributed by atoms with van der Waals surface area (Å²) in [5.41, 5.74) is 1.44. The number of carbonyl (C=O) groups is 1. The third kappa shape index (κ3) is 1.93. The van der Waals surface area contributed by atoms with Crippen molar-refractivity contribution >= 4 is 17.9 Å². The summed E-state index contributed by atoms with van der Waals surface area (Å²) >= 11 is 5.83. The van der Waals surface area contributed by atoms with Gasteiger partial charge in [-0.3, -0.25) is 4.79 Å². The second kappa shape index (κ2) is 4.35. The maximum atomic E-state index is 10.7. The molecule has 0 saturated carbocycles. The predicted octanol–water partition coefficient (Wildman–Crippen LogP) is 3.62.